The number of hydrogen-bond acceptors (Lipinski definition) is 4. The summed E-state index contributed by atoms with van der Waals surface area (Å²) in [6.45, 7) is 1.47. The van der Waals surface area contributed by atoms with Crippen molar-refractivity contribution in [2.24, 2.45) is 5.73 Å². The molecule has 1 aliphatic rings. The summed E-state index contributed by atoms with van der Waals surface area (Å²) in [5.41, 5.74) is 6.36. The van der Waals surface area contributed by atoms with Gasteiger partial charge < -0.3 is 20.5 Å². The van der Waals surface area contributed by atoms with Crippen LogP contribution in [0.4, 0.5) is 4.79 Å². The van der Waals surface area contributed by atoms with Crippen molar-refractivity contribution in [2.45, 2.75) is 18.9 Å². The van der Waals surface area contributed by atoms with E-state index in [4.69, 9.17) is 15.2 Å². The van der Waals surface area contributed by atoms with Gasteiger partial charge in [0.1, 0.15) is 5.75 Å². The highest BCUT2D eigenvalue weighted by Gasteiger charge is 2.23. The molecular formula is C13H17IN2O3. The van der Waals surface area contributed by atoms with E-state index in [1.807, 2.05) is 18.2 Å². The van der Waals surface area contributed by atoms with Crippen LogP contribution >= 0.6 is 22.6 Å². The van der Waals surface area contributed by atoms with Crippen molar-refractivity contribution >= 4 is 28.7 Å². The van der Waals surface area contributed by atoms with Crippen LogP contribution in [0, 0.1) is 3.57 Å². The zero-order valence-corrected chi connectivity index (χ0v) is 12.7. The molecule has 1 aromatic carbocycles. The minimum Gasteiger partial charge on any atom is -0.493 e. The highest BCUT2D eigenvalue weighted by molar-refractivity contribution is 14.1. The van der Waals surface area contributed by atoms with Crippen LogP contribution in [0.25, 0.3) is 0 Å². The van der Waals surface area contributed by atoms with E-state index in [0.717, 1.165) is 21.3 Å². The molecule has 0 saturated carbocycles. The Morgan fingerprint density at radius 3 is 3.21 bits per heavy atom. The standard InChI is InChI=1S/C13H17IN2O3/c14-9-2-3-12-10(8-9)11(4-7-18-12)16-13(17)19-6-1-5-15/h2-3,8,11H,1,4-7,15H2,(H,16,17). The molecule has 1 unspecified atom stereocenters. The second-order valence-electron chi connectivity index (χ2n) is 4.29. The fourth-order valence-electron chi connectivity index (χ4n) is 1.95. The summed E-state index contributed by atoms with van der Waals surface area (Å²) < 4.78 is 11.8. The number of halogens is 1. The summed E-state index contributed by atoms with van der Waals surface area (Å²) in [7, 11) is 0. The van der Waals surface area contributed by atoms with Gasteiger partial charge in [-0.05, 0) is 53.8 Å². The van der Waals surface area contributed by atoms with Crippen molar-refractivity contribution in [1.29, 1.82) is 0 Å². The SMILES string of the molecule is NCCCOC(=O)NC1CCOc2ccc(I)cc21. The first-order valence-corrected chi connectivity index (χ1v) is 7.34. The Morgan fingerprint density at radius 2 is 2.42 bits per heavy atom. The molecule has 3 N–H and O–H groups in total. The lowest BCUT2D eigenvalue weighted by molar-refractivity contribution is 0.137. The Bertz CT molecular complexity index is 454. The van der Waals surface area contributed by atoms with Crippen LogP contribution in [0.5, 0.6) is 5.75 Å². The molecule has 0 bridgehead atoms. The number of carbonyl (C=O) groups excluding carboxylic acids is 1. The predicted molar refractivity (Wildman–Crippen MR) is 80.2 cm³/mol. The largest absolute Gasteiger partial charge is 0.493 e. The maximum atomic E-state index is 11.7. The average molecular weight is 376 g/mol. The topological polar surface area (TPSA) is 73.6 Å². The van der Waals surface area contributed by atoms with E-state index in [1.165, 1.54) is 0 Å². The molecule has 0 spiro atoms. The molecule has 6 heteroatoms. The molecule has 1 amide bonds. The molecule has 19 heavy (non-hydrogen) atoms. The molecule has 0 aromatic heterocycles. The molecule has 0 radical (unpaired) electrons. The number of nitrogens with two attached hydrogens (primary N) is 1. The van der Waals surface area contributed by atoms with Gasteiger partial charge in [-0.2, -0.15) is 0 Å². The zero-order chi connectivity index (χ0) is 13.7. The summed E-state index contributed by atoms with van der Waals surface area (Å²) in [6.07, 6.45) is 1.03. The fraction of sp³-hybridized carbons (Fsp3) is 0.462. The van der Waals surface area contributed by atoms with Gasteiger partial charge in [0.2, 0.25) is 0 Å². The van der Waals surface area contributed by atoms with Crippen LogP contribution in [0.1, 0.15) is 24.4 Å². The number of hydrogen-bond donors (Lipinski definition) is 2. The molecule has 1 atom stereocenters. The van der Waals surface area contributed by atoms with Crippen LogP contribution < -0.4 is 15.8 Å². The Balaban J connectivity index is 1.99. The summed E-state index contributed by atoms with van der Waals surface area (Å²) in [4.78, 5) is 11.7. The number of nitrogens with one attached hydrogen (secondary N) is 1. The molecule has 1 aromatic rings. The maximum absolute atomic E-state index is 11.7. The summed E-state index contributed by atoms with van der Waals surface area (Å²) in [6, 6.07) is 5.90. The predicted octanol–water partition coefficient (Wildman–Crippen LogP) is 2.19. The highest BCUT2D eigenvalue weighted by Crippen LogP contribution is 2.33. The van der Waals surface area contributed by atoms with Gasteiger partial charge in [0.15, 0.2) is 0 Å². The first kappa shape index (κ1) is 14.4. The monoisotopic (exact) mass is 376 g/mol. The van der Waals surface area contributed by atoms with Crippen LogP contribution in [0.15, 0.2) is 18.2 Å². The fourth-order valence-corrected chi connectivity index (χ4v) is 2.46. The summed E-state index contributed by atoms with van der Waals surface area (Å²) in [5.74, 6) is 0.832. The first-order valence-electron chi connectivity index (χ1n) is 6.26. The molecule has 0 aliphatic carbocycles. The van der Waals surface area contributed by atoms with E-state index < -0.39 is 6.09 Å². The third-order valence-electron chi connectivity index (χ3n) is 2.89. The third kappa shape index (κ3) is 3.97. The van der Waals surface area contributed by atoms with E-state index in [0.29, 0.717) is 26.2 Å². The molecule has 104 valence electrons. The number of carbonyl (C=O) groups is 1. The molecule has 0 fully saturated rings. The van der Waals surface area contributed by atoms with Crippen LogP contribution in [0.3, 0.4) is 0 Å². The van der Waals surface area contributed by atoms with E-state index >= 15 is 0 Å². The Labute approximate surface area is 126 Å². The van der Waals surface area contributed by atoms with Crippen molar-refractivity contribution in [2.75, 3.05) is 19.8 Å². The van der Waals surface area contributed by atoms with E-state index in [2.05, 4.69) is 27.9 Å². The van der Waals surface area contributed by atoms with Gasteiger partial charge in [0.25, 0.3) is 0 Å². The van der Waals surface area contributed by atoms with Crippen molar-refractivity contribution in [3.05, 3.63) is 27.3 Å². The average Bonchev–Trinajstić information content (AvgIpc) is 2.40. The third-order valence-corrected chi connectivity index (χ3v) is 3.56. The van der Waals surface area contributed by atoms with Crippen LogP contribution in [0.2, 0.25) is 0 Å². The minimum absolute atomic E-state index is 0.0520. The smallest absolute Gasteiger partial charge is 0.407 e. The highest BCUT2D eigenvalue weighted by atomic mass is 127. The van der Waals surface area contributed by atoms with Crippen LogP contribution in [-0.2, 0) is 4.74 Å². The van der Waals surface area contributed by atoms with Gasteiger partial charge in [0.05, 0.1) is 19.3 Å². The number of alkyl carbamates (subject to hydrolysis) is 1. The van der Waals surface area contributed by atoms with E-state index in [-0.39, 0.29) is 6.04 Å². The lowest BCUT2D eigenvalue weighted by Crippen LogP contribution is -2.33. The summed E-state index contributed by atoms with van der Waals surface area (Å²) in [5, 5.41) is 2.88. The van der Waals surface area contributed by atoms with Gasteiger partial charge in [-0.3, -0.25) is 0 Å². The number of rotatable bonds is 4. The number of amides is 1. The molecular weight excluding hydrogens is 359 g/mol. The lowest BCUT2D eigenvalue weighted by Gasteiger charge is -2.26. The minimum atomic E-state index is -0.398. The first-order chi connectivity index (χ1) is 9.20. The van der Waals surface area contributed by atoms with Gasteiger partial charge in [0, 0.05) is 15.6 Å². The van der Waals surface area contributed by atoms with Crippen molar-refractivity contribution in [3.63, 3.8) is 0 Å². The van der Waals surface area contributed by atoms with Gasteiger partial charge in [-0.1, -0.05) is 0 Å². The van der Waals surface area contributed by atoms with Crippen molar-refractivity contribution in [1.82, 2.24) is 5.32 Å². The lowest BCUT2D eigenvalue weighted by atomic mass is 10.0. The maximum Gasteiger partial charge on any atom is 0.407 e. The molecule has 1 aliphatic heterocycles. The number of ether oxygens (including phenoxy) is 2. The van der Waals surface area contributed by atoms with Crippen molar-refractivity contribution in [3.8, 4) is 5.75 Å². The number of fused-ring (bicyclic) bond motifs is 1. The van der Waals surface area contributed by atoms with Crippen LogP contribution in [-0.4, -0.2) is 25.9 Å². The molecule has 2 rings (SSSR count). The van der Waals surface area contributed by atoms with Gasteiger partial charge >= 0.3 is 6.09 Å². The van der Waals surface area contributed by atoms with E-state index in [1.54, 1.807) is 0 Å². The van der Waals surface area contributed by atoms with E-state index in [9.17, 15) is 4.79 Å². The normalized spacial score (nSPS) is 17.3. The van der Waals surface area contributed by atoms with Gasteiger partial charge in [-0.25, -0.2) is 4.79 Å². The second-order valence-corrected chi connectivity index (χ2v) is 5.54. The summed E-state index contributed by atoms with van der Waals surface area (Å²) >= 11 is 2.24. The Morgan fingerprint density at radius 1 is 1.58 bits per heavy atom. The quantitative estimate of drug-likeness (QED) is 0.624. The number of benzene rings is 1. The zero-order valence-electron chi connectivity index (χ0n) is 10.5. The molecule has 5 nitrogen and oxygen atoms in total. The molecule has 1 heterocycles. The second kappa shape index (κ2) is 6.95. The van der Waals surface area contributed by atoms with Gasteiger partial charge in [-0.15, -0.1) is 0 Å². The molecule has 0 saturated heterocycles. The van der Waals surface area contributed by atoms with Crippen molar-refractivity contribution < 1.29 is 14.3 Å². The Kier molecular flexibility index (Phi) is 5.26. The Hall–Kier alpha value is -1.02.